The van der Waals surface area contributed by atoms with Gasteiger partial charge in [-0.3, -0.25) is 4.79 Å². The summed E-state index contributed by atoms with van der Waals surface area (Å²) in [6.45, 7) is 0.782. The molecule has 3 fully saturated rings. The van der Waals surface area contributed by atoms with Gasteiger partial charge in [-0.2, -0.15) is 0 Å². The molecular weight excluding hydrogens is 377 g/mol. The Labute approximate surface area is 160 Å². The molecule has 5 rings (SSSR count). The monoisotopic (exact) mass is 393 g/mol. The number of ether oxygens (including phenoxy) is 2. The van der Waals surface area contributed by atoms with Crippen molar-refractivity contribution in [3.8, 4) is 11.3 Å². The molecule has 2 aromatic rings. The summed E-state index contributed by atoms with van der Waals surface area (Å²) in [5.74, 6) is 1.23. The minimum Gasteiger partial charge on any atom is -0.372 e. The van der Waals surface area contributed by atoms with E-state index in [4.69, 9.17) is 37.2 Å². The highest BCUT2D eigenvalue weighted by Gasteiger charge is 2.49. The Bertz CT molecular complexity index is 856. The van der Waals surface area contributed by atoms with Gasteiger partial charge >= 0.3 is 0 Å². The predicted molar refractivity (Wildman–Crippen MR) is 95.4 cm³/mol. The highest BCUT2D eigenvalue weighted by molar-refractivity contribution is 6.39. The maximum absolute atomic E-state index is 12.0. The van der Waals surface area contributed by atoms with Crippen molar-refractivity contribution in [2.24, 2.45) is 5.92 Å². The summed E-state index contributed by atoms with van der Waals surface area (Å²) >= 11 is 12.7. The molecule has 3 unspecified atom stereocenters. The number of carbonyl (C=O) groups excluding carboxylic acids is 1. The van der Waals surface area contributed by atoms with Gasteiger partial charge in [-0.1, -0.05) is 34.4 Å². The second-order valence-electron chi connectivity index (χ2n) is 7.16. The van der Waals surface area contributed by atoms with Crippen LogP contribution in [0, 0.1) is 5.92 Å². The minimum atomic E-state index is -0.298. The number of carbonyl (C=O) groups is 1. The third-order valence-corrected chi connectivity index (χ3v) is 6.09. The van der Waals surface area contributed by atoms with Gasteiger partial charge < -0.3 is 14.0 Å². The van der Waals surface area contributed by atoms with E-state index in [0.717, 1.165) is 24.2 Å². The second-order valence-corrected chi connectivity index (χ2v) is 7.98. The van der Waals surface area contributed by atoms with E-state index in [0.29, 0.717) is 46.9 Å². The van der Waals surface area contributed by atoms with Crippen LogP contribution in [0.3, 0.4) is 0 Å². The first-order chi connectivity index (χ1) is 12.6. The maximum atomic E-state index is 12.0. The number of hydrogen-bond acceptors (Lipinski definition) is 5. The molecule has 3 aliphatic rings. The molecule has 5 nitrogen and oxygen atoms in total. The van der Waals surface area contributed by atoms with Crippen molar-refractivity contribution in [2.75, 3.05) is 6.61 Å². The third kappa shape index (κ3) is 2.69. The van der Waals surface area contributed by atoms with Crippen molar-refractivity contribution in [2.45, 2.75) is 44.0 Å². The quantitative estimate of drug-likeness (QED) is 0.753. The molecule has 0 radical (unpaired) electrons. The summed E-state index contributed by atoms with van der Waals surface area (Å²) in [6.07, 6.45) is 2.37. The molecule has 2 bridgehead atoms. The van der Waals surface area contributed by atoms with Crippen LogP contribution in [0.4, 0.5) is 0 Å². The molecule has 2 aliphatic carbocycles. The minimum absolute atomic E-state index is 0.113. The highest BCUT2D eigenvalue weighted by Crippen LogP contribution is 2.46. The van der Waals surface area contributed by atoms with Gasteiger partial charge in [-0.25, -0.2) is 0 Å². The molecule has 136 valence electrons. The van der Waals surface area contributed by atoms with Crippen molar-refractivity contribution in [3.05, 3.63) is 39.6 Å². The van der Waals surface area contributed by atoms with Crippen molar-refractivity contribution >= 4 is 29.0 Å². The van der Waals surface area contributed by atoms with Crippen LogP contribution in [-0.4, -0.2) is 29.8 Å². The van der Waals surface area contributed by atoms with Gasteiger partial charge in [0, 0.05) is 23.5 Å². The topological polar surface area (TPSA) is 61.6 Å². The lowest BCUT2D eigenvalue weighted by molar-refractivity contribution is -0.122. The summed E-state index contributed by atoms with van der Waals surface area (Å²) in [4.78, 5) is 12.0. The highest BCUT2D eigenvalue weighted by atomic mass is 35.5. The number of hydrogen-bond donors (Lipinski definition) is 0. The van der Waals surface area contributed by atoms with Gasteiger partial charge in [0.2, 0.25) is 0 Å². The molecule has 1 aliphatic heterocycles. The first-order valence-electron chi connectivity index (χ1n) is 8.83. The molecule has 0 N–H and O–H groups in total. The normalized spacial score (nSPS) is 27.5. The zero-order valence-corrected chi connectivity index (χ0v) is 15.4. The smallest absolute Gasteiger partial charge is 0.169 e. The lowest BCUT2D eigenvalue weighted by atomic mass is 10.0. The number of fused-ring (bicyclic) bond motifs is 2. The van der Waals surface area contributed by atoms with Gasteiger partial charge in [0.15, 0.2) is 5.78 Å². The van der Waals surface area contributed by atoms with Crippen LogP contribution in [0.5, 0.6) is 0 Å². The largest absolute Gasteiger partial charge is 0.372 e. The van der Waals surface area contributed by atoms with E-state index in [2.05, 4.69) is 5.16 Å². The van der Waals surface area contributed by atoms with Crippen LogP contribution in [-0.2, 0) is 20.9 Å². The number of ketones is 1. The van der Waals surface area contributed by atoms with Crippen LogP contribution >= 0.6 is 23.2 Å². The number of aromatic nitrogens is 1. The van der Waals surface area contributed by atoms with Crippen molar-refractivity contribution in [1.82, 2.24) is 5.16 Å². The SMILES string of the molecule is O=C1C2CC(OCc3c(-c4c(Cl)cccc4Cl)noc3C3CC3)C1CO2. The fourth-order valence-electron chi connectivity index (χ4n) is 3.90. The molecule has 0 amide bonds. The number of rotatable bonds is 5. The Hall–Kier alpha value is -1.40. The lowest BCUT2D eigenvalue weighted by Gasteiger charge is -2.21. The van der Waals surface area contributed by atoms with Crippen LogP contribution < -0.4 is 0 Å². The molecule has 1 saturated heterocycles. The van der Waals surface area contributed by atoms with Crippen molar-refractivity contribution in [1.29, 1.82) is 0 Å². The van der Waals surface area contributed by atoms with Crippen LogP contribution in [0.1, 0.15) is 36.5 Å². The second kappa shape index (κ2) is 6.34. The fraction of sp³-hybridized carbons (Fsp3) is 0.474. The Morgan fingerprint density at radius 1 is 1.23 bits per heavy atom. The van der Waals surface area contributed by atoms with Crippen LogP contribution in [0.25, 0.3) is 11.3 Å². The van der Waals surface area contributed by atoms with E-state index in [1.54, 1.807) is 18.2 Å². The molecule has 1 aromatic heterocycles. The number of benzene rings is 1. The average molecular weight is 394 g/mol. The zero-order valence-electron chi connectivity index (χ0n) is 13.9. The first-order valence-corrected chi connectivity index (χ1v) is 9.59. The van der Waals surface area contributed by atoms with E-state index in [1.165, 1.54) is 0 Å². The summed E-state index contributed by atoms with van der Waals surface area (Å²) < 4.78 is 17.2. The fourth-order valence-corrected chi connectivity index (χ4v) is 4.47. The lowest BCUT2D eigenvalue weighted by Crippen LogP contribution is -2.26. The van der Waals surface area contributed by atoms with Crippen molar-refractivity contribution < 1.29 is 18.8 Å². The molecule has 0 spiro atoms. The van der Waals surface area contributed by atoms with Crippen LogP contribution in [0.15, 0.2) is 22.7 Å². The standard InChI is InChI=1S/C19H17Cl2NO4/c20-12-2-1-3-13(21)16(12)17-11(19(26-22-17)9-4-5-9)8-24-14-6-15-18(23)10(14)7-25-15/h1-3,9-10,14-15H,4-8H2. The molecular formula is C19H17Cl2NO4. The molecule has 2 saturated carbocycles. The molecule has 1 aromatic carbocycles. The maximum Gasteiger partial charge on any atom is 0.169 e. The van der Waals surface area contributed by atoms with Gasteiger partial charge in [0.05, 0.1) is 35.3 Å². The number of halogens is 2. The molecule has 3 atom stereocenters. The Balaban J connectivity index is 1.46. The van der Waals surface area contributed by atoms with E-state index in [9.17, 15) is 4.79 Å². The van der Waals surface area contributed by atoms with E-state index >= 15 is 0 Å². The third-order valence-electron chi connectivity index (χ3n) is 5.46. The Morgan fingerprint density at radius 3 is 2.62 bits per heavy atom. The van der Waals surface area contributed by atoms with Crippen LogP contribution in [0.2, 0.25) is 10.0 Å². The Kier molecular flexibility index (Phi) is 4.09. The number of nitrogens with zero attached hydrogens (tertiary/aromatic N) is 1. The summed E-state index contributed by atoms with van der Waals surface area (Å²) in [5.41, 5.74) is 2.18. The predicted octanol–water partition coefficient (Wildman–Crippen LogP) is 4.40. The summed E-state index contributed by atoms with van der Waals surface area (Å²) in [6, 6.07) is 5.36. The van der Waals surface area contributed by atoms with Gasteiger partial charge in [-0.15, -0.1) is 0 Å². The molecule has 2 heterocycles. The van der Waals surface area contributed by atoms with E-state index in [1.807, 2.05) is 0 Å². The van der Waals surface area contributed by atoms with E-state index in [-0.39, 0.29) is 23.9 Å². The van der Waals surface area contributed by atoms with Gasteiger partial charge in [0.1, 0.15) is 17.6 Å². The molecule has 7 heteroatoms. The average Bonchev–Trinajstić information content (AvgIpc) is 3.22. The van der Waals surface area contributed by atoms with Gasteiger partial charge in [0.25, 0.3) is 0 Å². The summed E-state index contributed by atoms with van der Waals surface area (Å²) in [5, 5.41) is 5.31. The Morgan fingerprint density at radius 2 is 2.00 bits per heavy atom. The van der Waals surface area contributed by atoms with E-state index < -0.39 is 0 Å². The van der Waals surface area contributed by atoms with Crippen molar-refractivity contribution in [3.63, 3.8) is 0 Å². The summed E-state index contributed by atoms with van der Waals surface area (Å²) in [7, 11) is 0. The number of Topliss-reactive ketones (excluding diaryl/α,β-unsaturated/α-hetero) is 1. The molecule has 26 heavy (non-hydrogen) atoms. The zero-order chi connectivity index (χ0) is 17.8. The first kappa shape index (κ1) is 16.8. The van der Waals surface area contributed by atoms with Gasteiger partial charge in [-0.05, 0) is 25.0 Å².